The van der Waals surface area contributed by atoms with Gasteiger partial charge in [0.25, 0.3) is 0 Å². The number of benzene rings is 3. The van der Waals surface area contributed by atoms with Gasteiger partial charge >= 0.3 is 5.97 Å². The lowest BCUT2D eigenvalue weighted by Gasteiger charge is -2.11. The number of carbonyl (C=O) groups is 1. The number of rotatable bonds is 7. The van der Waals surface area contributed by atoms with Gasteiger partial charge in [0.1, 0.15) is 23.8 Å². The van der Waals surface area contributed by atoms with E-state index in [-0.39, 0.29) is 5.69 Å². The van der Waals surface area contributed by atoms with Crippen molar-refractivity contribution >= 4 is 16.9 Å². The van der Waals surface area contributed by atoms with Gasteiger partial charge in [-0.1, -0.05) is 42.5 Å². The van der Waals surface area contributed by atoms with Gasteiger partial charge < -0.3 is 19.1 Å². The van der Waals surface area contributed by atoms with Crippen LogP contribution in [0.3, 0.4) is 0 Å². The quantitative estimate of drug-likeness (QED) is 0.486. The van der Waals surface area contributed by atoms with Crippen LogP contribution in [-0.4, -0.2) is 22.8 Å². The van der Waals surface area contributed by atoms with Gasteiger partial charge in [0.2, 0.25) is 0 Å². The van der Waals surface area contributed by atoms with Gasteiger partial charge in [0, 0.05) is 17.4 Å². The van der Waals surface area contributed by atoms with E-state index in [2.05, 4.69) is 0 Å². The molecule has 0 bridgehead atoms. The summed E-state index contributed by atoms with van der Waals surface area (Å²) in [6.45, 7) is 0.898. The number of nitrogens with zero attached hydrogens (tertiary/aromatic N) is 1. The minimum atomic E-state index is -0.962. The molecule has 0 spiro atoms. The molecule has 5 heteroatoms. The van der Waals surface area contributed by atoms with Gasteiger partial charge in [0.15, 0.2) is 0 Å². The van der Waals surface area contributed by atoms with Crippen molar-refractivity contribution in [1.29, 1.82) is 0 Å². The van der Waals surface area contributed by atoms with E-state index in [0.717, 1.165) is 27.8 Å². The zero-order valence-corrected chi connectivity index (χ0v) is 16.0. The Balaban J connectivity index is 1.64. The Hall–Kier alpha value is -3.73. The molecule has 4 rings (SSSR count). The van der Waals surface area contributed by atoms with Gasteiger partial charge in [-0.3, -0.25) is 0 Å². The van der Waals surface area contributed by atoms with Crippen molar-refractivity contribution in [3.8, 4) is 11.5 Å². The number of aromatic nitrogens is 1. The standard InChI is InChI=1S/C24H21NO4/c1-28-20-9-5-8-18(12-20)15-25-22-11-10-21(13-19(22)14-23(25)24(26)27)29-16-17-6-3-2-4-7-17/h2-14H,15-16H2,1H3,(H,26,27). The number of aromatic carboxylic acids is 1. The summed E-state index contributed by atoms with van der Waals surface area (Å²) in [6.07, 6.45) is 0. The van der Waals surface area contributed by atoms with Crippen molar-refractivity contribution in [2.75, 3.05) is 7.11 Å². The molecule has 146 valence electrons. The largest absolute Gasteiger partial charge is 0.497 e. The molecule has 3 aromatic carbocycles. The minimum absolute atomic E-state index is 0.239. The average molecular weight is 387 g/mol. The van der Waals surface area contributed by atoms with E-state index in [0.29, 0.717) is 18.9 Å². The molecule has 0 aliphatic rings. The molecular weight excluding hydrogens is 366 g/mol. The summed E-state index contributed by atoms with van der Waals surface area (Å²) in [5.74, 6) is 0.486. The van der Waals surface area contributed by atoms with E-state index >= 15 is 0 Å². The van der Waals surface area contributed by atoms with Crippen LogP contribution in [0.4, 0.5) is 0 Å². The third-order valence-electron chi connectivity index (χ3n) is 4.82. The fraction of sp³-hybridized carbons (Fsp3) is 0.125. The number of hydrogen-bond acceptors (Lipinski definition) is 3. The average Bonchev–Trinajstić information content (AvgIpc) is 3.11. The van der Waals surface area contributed by atoms with Crippen molar-refractivity contribution < 1.29 is 19.4 Å². The Bertz CT molecular complexity index is 1150. The Labute approximate surface area is 168 Å². The molecular formula is C24H21NO4. The maximum absolute atomic E-state index is 11.8. The lowest BCUT2D eigenvalue weighted by atomic mass is 10.2. The van der Waals surface area contributed by atoms with Gasteiger partial charge in [-0.25, -0.2) is 4.79 Å². The number of carboxylic acids is 1. The summed E-state index contributed by atoms with van der Waals surface area (Å²) in [6, 6.07) is 24.9. The maximum Gasteiger partial charge on any atom is 0.352 e. The maximum atomic E-state index is 11.8. The molecule has 0 saturated heterocycles. The first kappa shape index (κ1) is 18.6. The van der Waals surface area contributed by atoms with Crippen molar-refractivity contribution in [3.05, 3.63) is 95.7 Å². The summed E-state index contributed by atoms with van der Waals surface area (Å²) >= 11 is 0. The van der Waals surface area contributed by atoms with Crippen molar-refractivity contribution in [2.24, 2.45) is 0 Å². The van der Waals surface area contributed by atoms with Gasteiger partial charge in [-0.2, -0.15) is 0 Å². The second-order valence-corrected chi connectivity index (χ2v) is 6.77. The SMILES string of the molecule is COc1cccc(Cn2c(C(=O)O)cc3cc(OCc4ccccc4)ccc32)c1. The van der Waals surface area contributed by atoms with Crippen LogP contribution in [0.5, 0.6) is 11.5 Å². The second kappa shape index (κ2) is 8.10. The molecule has 1 heterocycles. The highest BCUT2D eigenvalue weighted by atomic mass is 16.5. The third-order valence-corrected chi connectivity index (χ3v) is 4.82. The van der Waals surface area contributed by atoms with Gasteiger partial charge in [0.05, 0.1) is 7.11 Å². The monoisotopic (exact) mass is 387 g/mol. The van der Waals surface area contributed by atoms with E-state index in [1.807, 2.05) is 72.8 Å². The number of carboxylic acid groups (broad SMARTS) is 1. The number of ether oxygens (including phenoxy) is 2. The smallest absolute Gasteiger partial charge is 0.352 e. The lowest BCUT2D eigenvalue weighted by molar-refractivity contribution is 0.0686. The molecule has 0 unspecified atom stereocenters. The molecule has 0 aliphatic carbocycles. The molecule has 29 heavy (non-hydrogen) atoms. The van der Waals surface area contributed by atoms with Crippen molar-refractivity contribution in [1.82, 2.24) is 4.57 Å². The Morgan fingerprint density at radius 2 is 1.69 bits per heavy atom. The van der Waals surface area contributed by atoms with E-state index in [4.69, 9.17) is 9.47 Å². The minimum Gasteiger partial charge on any atom is -0.497 e. The zero-order valence-electron chi connectivity index (χ0n) is 16.0. The van der Waals surface area contributed by atoms with E-state index in [9.17, 15) is 9.90 Å². The summed E-state index contributed by atoms with van der Waals surface area (Å²) < 4.78 is 13.0. The summed E-state index contributed by atoms with van der Waals surface area (Å²) in [5, 5.41) is 10.5. The molecule has 0 amide bonds. The van der Waals surface area contributed by atoms with Crippen LogP contribution in [0.2, 0.25) is 0 Å². The van der Waals surface area contributed by atoms with Crippen molar-refractivity contribution in [3.63, 3.8) is 0 Å². The first-order chi connectivity index (χ1) is 14.1. The predicted octanol–water partition coefficient (Wildman–Crippen LogP) is 4.98. The Kier molecular flexibility index (Phi) is 5.20. The zero-order chi connectivity index (χ0) is 20.2. The van der Waals surface area contributed by atoms with Crippen LogP contribution in [0.1, 0.15) is 21.6 Å². The van der Waals surface area contributed by atoms with E-state index in [1.165, 1.54) is 0 Å². The fourth-order valence-electron chi connectivity index (χ4n) is 3.38. The summed E-state index contributed by atoms with van der Waals surface area (Å²) in [4.78, 5) is 11.8. The van der Waals surface area contributed by atoms with E-state index < -0.39 is 5.97 Å². The molecule has 0 radical (unpaired) electrons. The van der Waals surface area contributed by atoms with Crippen LogP contribution in [-0.2, 0) is 13.2 Å². The van der Waals surface area contributed by atoms with Crippen LogP contribution in [0.15, 0.2) is 78.9 Å². The van der Waals surface area contributed by atoms with Gasteiger partial charge in [-0.05, 0) is 47.5 Å². The highest BCUT2D eigenvalue weighted by Gasteiger charge is 2.16. The van der Waals surface area contributed by atoms with Crippen molar-refractivity contribution in [2.45, 2.75) is 13.2 Å². The van der Waals surface area contributed by atoms with Gasteiger partial charge in [-0.15, -0.1) is 0 Å². The molecule has 0 aliphatic heterocycles. The lowest BCUT2D eigenvalue weighted by Crippen LogP contribution is -2.09. The van der Waals surface area contributed by atoms with Crippen LogP contribution >= 0.6 is 0 Å². The highest BCUT2D eigenvalue weighted by Crippen LogP contribution is 2.27. The third kappa shape index (κ3) is 4.09. The van der Waals surface area contributed by atoms with Crippen LogP contribution in [0.25, 0.3) is 10.9 Å². The van der Waals surface area contributed by atoms with E-state index in [1.54, 1.807) is 17.7 Å². The highest BCUT2D eigenvalue weighted by molar-refractivity contribution is 5.95. The molecule has 4 aromatic rings. The number of hydrogen-bond donors (Lipinski definition) is 1. The fourth-order valence-corrected chi connectivity index (χ4v) is 3.38. The predicted molar refractivity (Wildman–Crippen MR) is 112 cm³/mol. The molecule has 5 nitrogen and oxygen atoms in total. The number of fused-ring (bicyclic) bond motifs is 1. The first-order valence-corrected chi connectivity index (χ1v) is 9.30. The number of methoxy groups -OCH3 is 1. The topological polar surface area (TPSA) is 60.7 Å². The molecule has 0 saturated carbocycles. The molecule has 1 N–H and O–H groups in total. The van der Waals surface area contributed by atoms with Crippen LogP contribution < -0.4 is 9.47 Å². The first-order valence-electron chi connectivity index (χ1n) is 9.30. The summed E-state index contributed by atoms with van der Waals surface area (Å²) in [7, 11) is 1.61. The second-order valence-electron chi connectivity index (χ2n) is 6.77. The molecule has 0 atom stereocenters. The Morgan fingerprint density at radius 1 is 0.897 bits per heavy atom. The summed E-state index contributed by atoms with van der Waals surface area (Å²) in [5.41, 5.74) is 3.13. The normalized spacial score (nSPS) is 10.8. The Morgan fingerprint density at radius 3 is 2.45 bits per heavy atom. The van der Waals surface area contributed by atoms with Crippen LogP contribution in [0, 0.1) is 0 Å². The molecule has 1 aromatic heterocycles. The molecule has 0 fully saturated rings.